The van der Waals surface area contributed by atoms with E-state index in [1.54, 1.807) is 0 Å². The molecule has 0 aliphatic heterocycles. The van der Waals surface area contributed by atoms with Crippen LogP contribution in [0.5, 0.6) is 0 Å². The Balaban J connectivity index is 2.41. The molecule has 2 rings (SSSR count). The fraction of sp³-hybridized carbons (Fsp3) is 0.200. The van der Waals surface area contributed by atoms with E-state index in [0.29, 0.717) is 4.73 Å². The van der Waals surface area contributed by atoms with Crippen LogP contribution in [0.25, 0.3) is 10.6 Å². The summed E-state index contributed by atoms with van der Waals surface area (Å²) >= 11 is 4.65. The average Bonchev–Trinajstić information content (AvgIpc) is 2.65. The minimum Gasteiger partial charge on any atom is -0.378 e. The van der Waals surface area contributed by atoms with Gasteiger partial charge in [-0.15, -0.1) is 0 Å². The van der Waals surface area contributed by atoms with Gasteiger partial charge >= 0.3 is 0 Å². The van der Waals surface area contributed by atoms with Gasteiger partial charge in [-0.25, -0.2) is 4.98 Å². The molecule has 3 nitrogen and oxygen atoms in total. The first kappa shape index (κ1) is 10.6. The number of rotatable bonds is 2. The molecular formula is C10H10BrN3S. The molecule has 0 N–H and O–H groups in total. The number of aromatic nitrogens is 2. The first-order chi connectivity index (χ1) is 7.16. The maximum Gasteiger partial charge on any atom is 0.209 e. The van der Waals surface area contributed by atoms with Gasteiger partial charge in [0.05, 0.1) is 0 Å². The number of anilines is 1. The molecule has 0 atom stereocenters. The van der Waals surface area contributed by atoms with Gasteiger partial charge in [0.1, 0.15) is 5.01 Å². The Morgan fingerprint density at radius 2 is 2.13 bits per heavy atom. The standard InChI is InChI=1S/C10H10BrN3S/c1-14(2)8-5-3-4-7(6-8)9-12-10(11)13-15-9/h3-6H,1-2H3. The van der Waals surface area contributed by atoms with Crippen molar-refractivity contribution in [2.75, 3.05) is 19.0 Å². The van der Waals surface area contributed by atoms with Gasteiger partial charge in [-0.1, -0.05) is 12.1 Å². The monoisotopic (exact) mass is 283 g/mol. The zero-order valence-corrected chi connectivity index (χ0v) is 10.8. The highest BCUT2D eigenvalue weighted by atomic mass is 79.9. The lowest BCUT2D eigenvalue weighted by Gasteiger charge is -2.12. The minimum absolute atomic E-state index is 0.651. The van der Waals surface area contributed by atoms with Gasteiger partial charge in [-0.05, 0) is 39.6 Å². The summed E-state index contributed by atoms with van der Waals surface area (Å²) in [5, 5.41) is 0.936. The maximum absolute atomic E-state index is 4.29. The lowest BCUT2D eigenvalue weighted by molar-refractivity contribution is 1.13. The lowest BCUT2D eigenvalue weighted by atomic mass is 10.2. The van der Waals surface area contributed by atoms with Gasteiger partial charge in [0.2, 0.25) is 4.73 Å². The highest BCUT2D eigenvalue weighted by Gasteiger charge is 2.05. The molecule has 1 aromatic heterocycles. The van der Waals surface area contributed by atoms with Crippen molar-refractivity contribution in [3.63, 3.8) is 0 Å². The molecule has 0 bridgehead atoms. The van der Waals surface area contributed by atoms with E-state index in [9.17, 15) is 0 Å². The summed E-state index contributed by atoms with van der Waals surface area (Å²) in [5.41, 5.74) is 2.27. The quantitative estimate of drug-likeness (QED) is 0.848. The van der Waals surface area contributed by atoms with Crippen molar-refractivity contribution >= 4 is 33.1 Å². The van der Waals surface area contributed by atoms with Gasteiger partial charge in [-0.2, -0.15) is 4.37 Å². The Morgan fingerprint density at radius 1 is 1.33 bits per heavy atom. The Kier molecular flexibility index (Phi) is 3.02. The molecule has 0 aliphatic carbocycles. The van der Waals surface area contributed by atoms with Crippen LogP contribution in [0.15, 0.2) is 29.0 Å². The summed E-state index contributed by atoms with van der Waals surface area (Å²) < 4.78 is 4.75. The summed E-state index contributed by atoms with van der Waals surface area (Å²) in [6.45, 7) is 0. The zero-order valence-electron chi connectivity index (χ0n) is 8.44. The molecule has 0 saturated carbocycles. The predicted octanol–water partition coefficient (Wildman–Crippen LogP) is 3.03. The molecule has 1 aromatic carbocycles. The molecule has 2 aromatic rings. The highest BCUT2D eigenvalue weighted by molar-refractivity contribution is 9.10. The second kappa shape index (κ2) is 4.28. The van der Waals surface area contributed by atoms with E-state index in [0.717, 1.165) is 10.6 Å². The topological polar surface area (TPSA) is 29.0 Å². The summed E-state index contributed by atoms with van der Waals surface area (Å²) in [6.07, 6.45) is 0. The SMILES string of the molecule is CN(C)c1cccc(-c2nc(Br)ns2)c1. The average molecular weight is 284 g/mol. The Hall–Kier alpha value is -0.940. The molecular weight excluding hydrogens is 274 g/mol. The number of hydrogen-bond acceptors (Lipinski definition) is 4. The van der Waals surface area contributed by atoms with Crippen molar-refractivity contribution < 1.29 is 0 Å². The van der Waals surface area contributed by atoms with Gasteiger partial charge in [0, 0.05) is 25.3 Å². The van der Waals surface area contributed by atoms with Crippen molar-refractivity contribution in [1.82, 2.24) is 9.36 Å². The first-order valence-corrected chi connectivity index (χ1v) is 6.00. The number of benzene rings is 1. The second-order valence-corrected chi connectivity index (χ2v) is 4.77. The lowest BCUT2D eigenvalue weighted by Crippen LogP contribution is -2.08. The van der Waals surface area contributed by atoms with E-state index >= 15 is 0 Å². The van der Waals surface area contributed by atoms with E-state index in [1.807, 2.05) is 26.2 Å². The molecule has 0 spiro atoms. The van der Waals surface area contributed by atoms with E-state index < -0.39 is 0 Å². The molecule has 0 amide bonds. The number of nitrogens with zero attached hydrogens (tertiary/aromatic N) is 3. The third kappa shape index (κ3) is 2.35. The van der Waals surface area contributed by atoms with Crippen molar-refractivity contribution in [2.45, 2.75) is 0 Å². The fourth-order valence-electron chi connectivity index (χ4n) is 1.24. The summed E-state index contributed by atoms with van der Waals surface area (Å²) in [5.74, 6) is 0. The molecule has 0 aliphatic rings. The van der Waals surface area contributed by atoms with Crippen LogP contribution in [-0.4, -0.2) is 23.5 Å². The predicted molar refractivity (Wildman–Crippen MR) is 67.4 cm³/mol. The summed E-state index contributed by atoms with van der Waals surface area (Å²) in [6, 6.07) is 8.24. The van der Waals surface area contributed by atoms with Crippen LogP contribution in [0.1, 0.15) is 0 Å². The molecule has 78 valence electrons. The van der Waals surface area contributed by atoms with E-state index in [1.165, 1.54) is 17.2 Å². The van der Waals surface area contributed by atoms with E-state index in [4.69, 9.17) is 0 Å². The smallest absolute Gasteiger partial charge is 0.209 e. The first-order valence-electron chi connectivity index (χ1n) is 4.44. The summed E-state index contributed by atoms with van der Waals surface area (Å²) in [7, 11) is 4.05. The molecule has 0 saturated heterocycles. The molecule has 0 fully saturated rings. The minimum atomic E-state index is 0.651. The third-order valence-electron chi connectivity index (χ3n) is 2.01. The van der Waals surface area contributed by atoms with Crippen molar-refractivity contribution in [2.24, 2.45) is 0 Å². The number of halogens is 1. The van der Waals surface area contributed by atoms with Gasteiger partial charge in [-0.3, -0.25) is 0 Å². The van der Waals surface area contributed by atoms with Gasteiger partial charge in [0.25, 0.3) is 0 Å². The van der Waals surface area contributed by atoms with Crippen LogP contribution in [0.3, 0.4) is 0 Å². The van der Waals surface area contributed by atoms with Crippen LogP contribution in [-0.2, 0) is 0 Å². The molecule has 15 heavy (non-hydrogen) atoms. The summed E-state index contributed by atoms with van der Waals surface area (Å²) in [4.78, 5) is 6.36. The Bertz CT molecular complexity index is 467. The largest absolute Gasteiger partial charge is 0.378 e. The van der Waals surface area contributed by atoms with Crippen LogP contribution >= 0.6 is 27.5 Å². The fourth-order valence-corrected chi connectivity index (χ4v) is 2.31. The van der Waals surface area contributed by atoms with Crippen molar-refractivity contribution in [3.05, 3.63) is 29.0 Å². The van der Waals surface area contributed by atoms with Crippen molar-refractivity contribution in [1.29, 1.82) is 0 Å². The molecule has 1 heterocycles. The van der Waals surface area contributed by atoms with E-state index in [2.05, 4.69) is 42.3 Å². The Labute approximate surface area is 101 Å². The molecule has 0 unspecified atom stereocenters. The third-order valence-corrected chi connectivity index (χ3v) is 3.36. The van der Waals surface area contributed by atoms with Crippen LogP contribution in [0.2, 0.25) is 0 Å². The molecule has 5 heteroatoms. The molecule has 0 radical (unpaired) electrons. The maximum atomic E-state index is 4.29. The highest BCUT2D eigenvalue weighted by Crippen LogP contribution is 2.26. The second-order valence-electron chi connectivity index (χ2n) is 3.31. The zero-order chi connectivity index (χ0) is 10.8. The normalized spacial score (nSPS) is 10.3. The van der Waals surface area contributed by atoms with Crippen LogP contribution < -0.4 is 4.90 Å². The van der Waals surface area contributed by atoms with Crippen LogP contribution in [0, 0.1) is 0 Å². The number of hydrogen-bond donors (Lipinski definition) is 0. The Morgan fingerprint density at radius 3 is 2.73 bits per heavy atom. The van der Waals surface area contributed by atoms with Crippen LogP contribution in [0.4, 0.5) is 5.69 Å². The van der Waals surface area contributed by atoms with E-state index in [-0.39, 0.29) is 0 Å². The van der Waals surface area contributed by atoms with Crippen molar-refractivity contribution in [3.8, 4) is 10.6 Å². The van der Waals surface area contributed by atoms with Gasteiger partial charge in [0.15, 0.2) is 0 Å². The van der Waals surface area contributed by atoms with Gasteiger partial charge < -0.3 is 4.90 Å².